The van der Waals surface area contributed by atoms with Crippen molar-refractivity contribution in [2.45, 2.75) is 6.92 Å². The Balaban J connectivity index is 2.36. The summed E-state index contributed by atoms with van der Waals surface area (Å²) in [4.78, 5) is 10.9. The van der Waals surface area contributed by atoms with Gasteiger partial charge < -0.3 is 9.15 Å². The first kappa shape index (κ1) is 12.6. The molecule has 1 aromatic heterocycles. The van der Waals surface area contributed by atoms with Gasteiger partial charge in [0.15, 0.2) is 0 Å². The van der Waals surface area contributed by atoms with Crippen LogP contribution >= 0.6 is 15.9 Å². The summed E-state index contributed by atoms with van der Waals surface area (Å²) in [6.07, 6.45) is 0. The van der Waals surface area contributed by atoms with Gasteiger partial charge in [-0.3, -0.25) is 10.1 Å². The quantitative estimate of drug-likeness (QED) is 0.942. The third-order valence-corrected chi connectivity index (χ3v) is 2.80. The van der Waals surface area contributed by atoms with Crippen molar-refractivity contribution in [3.63, 3.8) is 0 Å². The number of aromatic nitrogens is 2. The zero-order valence-electron chi connectivity index (χ0n) is 9.73. The van der Waals surface area contributed by atoms with Crippen LogP contribution in [0.5, 0.6) is 5.75 Å². The van der Waals surface area contributed by atoms with E-state index in [0.717, 1.165) is 4.47 Å². The number of carbonyl (C=O) groups is 1. The number of benzene rings is 1. The molecular weight excluding hydrogens is 302 g/mol. The third kappa shape index (κ3) is 2.67. The first-order valence-corrected chi connectivity index (χ1v) is 5.84. The van der Waals surface area contributed by atoms with Gasteiger partial charge in [0.1, 0.15) is 5.75 Å². The number of rotatable bonds is 3. The van der Waals surface area contributed by atoms with Gasteiger partial charge in [-0.2, -0.15) is 0 Å². The zero-order chi connectivity index (χ0) is 13.1. The predicted molar refractivity (Wildman–Crippen MR) is 68.3 cm³/mol. The fourth-order valence-electron chi connectivity index (χ4n) is 1.33. The number of hydrogen-bond acceptors (Lipinski definition) is 5. The molecule has 0 radical (unpaired) electrons. The molecule has 0 aliphatic carbocycles. The molecule has 2 aromatic rings. The lowest BCUT2D eigenvalue weighted by atomic mass is 10.2. The van der Waals surface area contributed by atoms with Gasteiger partial charge in [0.2, 0.25) is 5.91 Å². The fourth-order valence-corrected chi connectivity index (χ4v) is 1.74. The summed E-state index contributed by atoms with van der Waals surface area (Å²) in [5.74, 6) is 0.701. The number of nitrogens with one attached hydrogen (secondary N) is 1. The summed E-state index contributed by atoms with van der Waals surface area (Å²) < 4.78 is 11.2. The molecule has 1 heterocycles. The zero-order valence-corrected chi connectivity index (χ0v) is 11.3. The predicted octanol–water partition coefficient (Wildman–Crippen LogP) is 2.47. The van der Waals surface area contributed by atoms with Crippen LogP contribution in [0.2, 0.25) is 0 Å². The Morgan fingerprint density at radius 3 is 2.89 bits per heavy atom. The third-order valence-electron chi connectivity index (χ3n) is 2.11. The maximum Gasteiger partial charge on any atom is 0.322 e. The molecule has 0 saturated heterocycles. The number of carbonyl (C=O) groups excluding carboxylic acids is 1. The molecule has 1 aromatic carbocycles. The van der Waals surface area contributed by atoms with E-state index in [2.05, 4.69) is 31.4 Å². The van der Waals surface area contributed by atoms with Crippen LogP contribution in [0.4, 0.5) is 6.01 Å². The molecule has 1 amide bonds. The van der Waals surface area contributed by atoms with Gasteiger partial charge in [-0.15, -0.1) is 5.10 Å². The molecule has 0 spiro atoms. The molecule has 94 valence electrons. The highest BCUT2D eigenvalue weighted by atomic mass is 79.9. The maximum absolute atomic E-state index is 10.9. The van der Waals surface area contributed by atoms with Crippen LogP contribution in [0.25, 0.3) is 11.5 Å². The minimum absolute atomic E-state index is 0.0622. The number of hydrogen-bond donors (Lipinski definition) is 1. The minimum Gasteiger partial charge on any atom is -0.497 e. The first-order chi connectivity index (χ1) is 8.60. The minimum atomic E-state index is -0.269. The highest BCUT2D eigenvalue weighted by Crippen LogP contribution is 2.31. The topological polar surface area (TPSA) is 77.3 Å². The summed E-state index contributed by atoms with van der Waals surface area (Å²) in [7, 11) is 1.57. The van der Waals surface area contributed by atoms with E-state index in [9.17, 15) is 4.79 Å². The average molecular weight is 312 g/mol. The molecule has 0 saturated carbocycles. The molecule has 0 aliphatic rings. The molecule has 0 bridgehead atoms. The van der Waals surface area contributed by atoms with E-state index < -0.39 is 0 Å². The van der Waals surface area contributed by atoms with E-state index in [1.807, 2.05) is 6.07 Å². The number of amides is 1. The van der Waals surface area contributed by atoms with Gasteiger partial charge in [0, 0.05) is 11.4 Å². The van der Waals surface area contributed by atoms with Crippen LogP contribution in [0, 0.1) is 0 Å². The van der Waals surface area contributed by atoms with Crippen molar-refractivity contribution >= 4 is 27.9 Å². The summed E-state index contributed by atoms with van der Waals surface area (Å²) >= 11 is 3.39. The molecular formula is C11H10BrN3O3. The monoisotopic (exact) mass is 311 g/mol. The summed E-state index contributed by atoms with van der Waals surface area (Å²) in [6, 6.07) is 5.44. The van der Waals surface area contributed by atoms with E-state index in [1.54, 1.807) is 19.2 Å². The molecule has 0 unspecified atom stereocenters. The molecule has 0 atom stereocenters. The molecule has 7 heteroatoms. The van der Waals surface area contributed by atoms with Crippen molar-refractivity contribution in [1.29, 1.82) is 0 Å². The van der Waals surface area contributed by atoms with Crippen LogP contribution in [-0.4, -0.2) is 23.2 Å². The van der Waals surface area contributed by atoms with Gasteiger partial charge >= 0.3 is 6.01 Å². The van der Waals surface area contributed by atoms with Crippen molar-refractivity contribution in [3.8, 4) is 17.2 Å². The van der Waals surface area contributed by atoms with Crippen molar-refractivity contribution in [1.82, 2.24) is 10.2 Å². The van der Waals surface area contributed by atoms with Gasteiger partial charge in [0.05, 0.1) is 12.7 Å². The largest absolute Gasteiger partial charge is 0.497 e. The van der Waals surface area contributed by atoms with Gasteiger partial charge in [-0.1, -0.05) is 5.10 Å². The second kappa shape index (κ2) is 5.18. The first-order valence-electron chi connectivity index (χ1n) is 5.05. The number of nitrogens with zero attached hydrogens (tertiary/aromatic N) is 2. The lowest BCUT2D eigenvalue weighted by molar-refractivity contribution is -0.114. The van der Waals surface area contributed by atoms with Gasteiger partial charge in [-0.25, -0.2) is 0 Å². The molecule has 0 aliphatic heterocycles. The van der Waals surface area contributed by atoms with E-state index in [1.165, 1.54) is 6.92 Å². The number of ether oxygens (including phenoxy) is 1. The van der Waals surface area contributed by atoms with Crippen LogP contribution in [0.3, 0.4) is 0 Å². The normalized spacial score (nSPS) is 10.2. The van der Waals surface area contributed by atoms with Crippen LogP contribution in [-0.2, 0) is 4.79 Å². The molecule has 1 N–H and O–H groups in total. The van der Waals surface area contributed by atoms with Crippen molar-refractivity contribution in [2.24, 2.45) is 0 Å². The number of halogens is 1. The van der Waals surface area contributed by atoms with Crippen LogP contribution in [0.1, 0.15) is 6.92 Å². The average Bonchev–Trinajstić information content (AvgIpc) is 2.77. The molecule has 0 fully saturated rings. The fraction of sp³-hybridized carbons (Fsp3) is 0.182. The van der Waals surface area contributed by atoms with Crippen LogP contribution in [0.15, 0.2) is 27.1 Å². The maximum atomic E-state index is 10.9. The van der Waals surface area contributed by atoms with E-state index in [4.69, 9.17) is 9.15 Å². The number of anilines is 1. The Kier molecular flexibility index (Phi) is 3.61. The van der Waals surface area contributed by atoms with Gasteiger partial charge in [0.25, 0.3) is 5.89 Å². The molecule has 18 heavy (non-hydrogen) atoms. The Bertz CT molecular complexity index is 583. The van der Waals surface area contributed by atoms with Crippen molar-refractivity contribution < 1.29 is 13.9 Å². The smallest absolute Gasteiger partial charge is 0.322 e. The van der Waals surface area contributed by atoms with E-state index in [0.29, 0.717) is 17.2 Å². The Morgan fingerprint density at radius 1 is 1.44 bits per heavy atom. The van der Waals surface area contributed by atoms with Crippen LogP contribution < -0.4 is 10.1 Å². The SMILES string of the molecule is COc1ccc(Br)c(-c2nnc(NC(C)=O)o2)c1. The van der Waals surface area contributed by atoms with E-state index in [-0.39, 0.29) is 11.9 Å². The Morgan fingerprint density at radius 2 is 2.22 bits per heavy atom. The summed E-state index contributed by atoms with van der Waals surface area (Å²) in [5.41, 5.74) is 0.693. The number of methoxy groups -OCH3 is 1. The highest BCUT2D eigenvalue weighted by Gasteiger charge is 2.13. The lowest BCUT2D eigenvalue weighted by Gasteiger charge is -2.03. The molecule has 2 rings (SSSR count). The Hall–Kier alpha value is -1.89. The Labute approximate surface area is 111 Å². The standard InChI is InChI=1S/C11H10BrN3O3/c1-6(16)13-11-15-14-10(18-11)8-5-7(17-2)3-4-9(8)12/h3-5H,1-2H3,(H,13,15,16). The van der Waals surface area contributed by atoms with E-state index >= 15 is 0 Å². The lowest BCUT2D eigenvalue weighted by Crippen LogP contribution is -2.05. The van der Waals surface area contributed by atoms with Crippen molar-refractivity contribution in [2.75, 3.05) is 12.4 Å². The highest BCUT2D eigenvalue weighted by molar-refractivity contribution is 9.10. The molecule has 6 nitrogen and oxygen atoms in total. The second-order valence-corrected chi connectivity index (χ2v) is 4.29. The van der Waals surface area contributed by atoms with Gasteiger partial charge in [-0.05, 0) is 34.1 Å². The summed E-state index contributed by atoms with van der Waals surface area (Å²) in [6.45, 7) is 1.37. The van der Waals surface area contributed by atoms with Crippen molar-refractivity contribution in [3.05, 3.63) is 22.7 Å². The summed E-state index contributed by atoms with van der Waals surface area (Å²) in [5, 5.41) is 10.00. The second-order valence-electron chi connectivity index (χ2n) is 3.44.